The normalized spacial score (nSPS) is 14.3. The van der Waals surface area contributed by atoms with Crippen LogP contribution in [0, 0.1) is 5.41 Å². The number of thiazole rings is 1. The summed E-state index contributed by atoms with van der Waals surface area (Å²) in [7, 11) is 2.04. The van der Waals surface area contributed by atoms with Gasteiger partial charge >= 0.3 is 0 Å². The molecule has 1 N–H and O–H groups in total. The first-order chi connectivity index (χ1) is 6.54. The van der Waals surface area contributed by atoms with Crippen LogP contribution in [0.4, 0.5) is 0 Å². The summed E-state index contributed by atoms with van der Waals surface area (Å²) in [6.45, 7) is 6.82. The summed E-state index contributed by atoms with van der Waals surface area (Å²) >= 11 is 1.75. The van der Waals surface area contributed by atoms with E-state index in [4.69, 9.17) is 0 Å². The zero-order valence-corrected chi connectivity index (χ0v) is 10.3. The van der Waals surface area contributed by atoms with Gasteiger partial charge in [-0.25, -0.2) is 4.98 Å². The second-order valence-corrected chi connectivity index (χ2v) is 5.65. The van der Waals surface area contributed by atoms with Crippen LogP contribution in [0.2, 0.25) is 0 Å². The van der Waals surface area contributed by atoms with Gasteiger partial charge in [0.05, 0.1) is 5.01 Å². The highest BCUT2D eigenvalue weighted by Gasteiger charge is 2.22. The van der Waals surface area contributed by atoms with Crippen LogP contribution in [-0.2, 0) is 6.42 Å². The molecule has 0 aromatic carbocycles. The third kappa shape index (κ3) is 3.39. The highest BCUT2D eigenvalue weighted by molar-refractivity contribution is 7.09. The smallest absolute Gasteiger partial charge is 0.0925 e. The van der Waals surface area contributed by atoms with Gasteiger partial charge in [0.15, 0.2) is 0 Å². The van der Waals surface area contributed by atoms with Gasteiger partial charge in [0.25, 0.3) is 0 Å². The Hall–Kier alpha value is -0.410. The van der Waals surface area contributed by atoms with E-state index in [1.165, 1.54) is 5.01 Å². The van der Waals surface area contributed by atoms with E-state index < -0.39 is 0 Å². The number of nitrogens with one attached hydrogen (secondary N) is 1. The van der Waals surface area contributed by atoms with Crippen molar-refractivity contribution in [2.75, 3.05) is 7.05 Å². The largest absolute Gasteiger partial charge is 0.316 e. The van der Waals surface area contributed by atoms with Gasteiger partial charge in [-0.2, -0.15) is 0 Å². The lowest BCUT2D eigenvalue weighted by Crippen LogP contribution is -2.38. The van der Waals surface area contributed by atoms with Crippen LogP contribution >= 0.6 is 11.3 Å². The highest BCUT2D eigenvalue weighted by Crippen LogP contribution is 2.23. The summed E-state index contributed by atoms with van der Waals surface area (Å²) in [6.07, 6.45) is 4.12. The van der Waals surface area contributed by atoms with Crippen molar-refractivity contribution >= 4 is 11.3 Å². The van der Waals surface area contributed by atoms with Crippen molar-refractivity contribution < 1.29 is 0 Å². The number of aryl methyl sites for hydroxylation is 1. The van der Waals surface area contributed by atoms with Crippen LogP contribution in [0.1, 0.15) is 32.2 Å². The Labute approximate surface area is 90.8 Å². The molecule has 0 aliphatic rings. The molecule has 1 atom stereocenters. The quantitative estimate of drug-likeness (QED) is 0.830. The molecular weight excluding hydrogens is 192 g/mol. The first-order valence-electron chi connectivity index (χ1n) is 5.09. The van der Waals surface area contributed by atoms with Gasteiger partial charge in [0, 0.05) is 24.0 Å². The molecular formula is C11H20N2S. The lowest BCUT2D eigenvalue weighted by molar-refractivity contribution is 0.268. The predicted octanol–water partition coefficient (Wildman–Crippen LogP) is 2.71. The topological polar surface area (TPSA) is 24.9 Å². The van der Waals surface area contributed by atoms with E-state index in [0.29, 0.717) is 11.5 Å². The van der Waals surface area contributed by atoms with Crippen molar-refractivity contribution in [3.8, 4) is 0 Å². The molecule has 0 spiro atoms. The number of hydrogen-bond donors (Lipinski definition) is 1. The number of hydrogen-bond acceptors (Lipinski definition) is 3. The molecule has 80 valence electrons. The Balaban J connectivity index is 2.43. The average Bonchev–Trinajstić information content (AvgIpc) is 2.55. The maximum Gasteiger partial charge on any atom is 0.0925 e. The third-order valence-corrected chi connectivity index (χ3v) is 3.36. The average molecular weight is 212 g/mol. The molecule has 1 unspecified atom stereocenters. The Morgan fingerprint density at radius 3 is 2.64 bits per heavy atom. The fraction of sp³-hybridized carbons (Fsp3) is 0.727. The summed E-state index contributed by atoms with van der Waals surface area (Å²) < 4.78 is 0. The lowest BCUT2D eigenvalue weighted by Gasteiger charge is -2.30. The van der Waals surface area contributed by atoms with Crippen LogP contribution in [0.5, 0.6) is 0 Å². The van der Waals surface area contributed by atoms with Gasteiger partial charge in [-0.15, -0.1) is 11.3 Å². The van der Waals surface area contributed by atoms with E-state index in [0.717, 1.165) is 12.8 Å². The van der Waals surface area contributed by atoms with Crippen LogP contribution in [-0.4, -0.2) is 18.1 Å². The fourth-order valence-electron chi connectivity index (χ4n) is 1.65. The monoisotopic (exact) mass is 212 g/mol. The van der Waals surface area contributed by atoms with Crippen molar-refractivity contribution in [3.63, 3.8) is 0 Å². The zero-order chi connectivity index (χ0) is 10.6. The third-order valence-electron chi connectivity index (χ3n) is 2.52. The van der Waals surface area contributed by atoms with E-state index >= 15 is 0 Å². The van der Waals surface area contributed by atoms with Gasteiger partial charge < -0.3 is 5.32 Å². The van der Waals surface area contributed by atoms with E-state index in [1.54, 1.807) is 11.3 Å². The molecule has 0 aliphatic carbocycles. The minimum absolute atomic E-state index is 0.325. The van der Waals surface area contributed by atoms with Crippen molar-refractivity contribution in [2.45, 2.75) is 39.7 Å². The van der Waals surface area contributed by atoms with Crippen molar-refractivity contribution in [3.05, 3.63) is 16.6 Å². The molecule has 1 aromatic heterocycles. The summed E-state index contributed by atoms with van der Waals surface area (Å²) in [5.74, 6) is 0. The van der Waals surface area contributed by atoms with Crippen molar-refractivity contribution in [1.29, 1.82) is 0 Å². The SMILES string of the molecule is CNC(CCc1nccs1)C(C)(C)C. The molecule has 2 nitrogen and oxygen atoms in total. The zero-order valence-electron chi connectivity index (χ0n) is 9.50. The summed E-state index contributed by atoms with van der Waals surface area (Å²) in [5, 5.41) is 6.67. The molecule has 14 heavy (non-hydrogen) atoms. The van der Waals surface area contributed by atoms with E-state index in [-0.39, 0.29) is 0 Å². The maximum atomic E-state index is 4.30. The van der Waals surface area contributed by atoms with Crippen LogP contribution in [0.25, 0.3) is 0 Å². The number of nitrogens with zero attached hydrogens (tertiary/aromatic N) is 1. The van der Waals surface area contributed by atoms with Gasteiger partial charge in [-0.1, -0.05) is 20.8 Å². The second kappa shape index (κ2) is 4.89. The molecule has 1 heterocycles. The van der Waals surface area contributed by atoms with E-state index in [1.807, 2.05) is 18.6 Å². The molecule has 1 rings (SSSR count). The standard InChI is InChI=1S/C11H20N2S/c1-11(2,3)9(12-4)5-6-10-13-7-8-14-10/h7-9,12H,5-6H2,1-4H3. The first kappa shape index (κ1) is 11.7. The predicted molar refractivity (Wildman–Crippen MR) is 62.7 cm³/mol. The Morgan fingerprint density at radius 1 is 1.50 bits per heavy atom. The Kier molecular flexibility index (Phi) is 4.08. The van der Waals surface area contributed by atoms with Crippen molar-refractivity contribution in [2.24, 2.45) is 5.41 Å². The number of rotatable bonds is 4. The Morgan fingerprint density at radius 2 is 2.21 bits per heavy atom. The van der Waals surface area contributed by atoms with Gasteiger partial charge in [0.1, 0.15) is 0 Å². The van der Waals surface area contributed by atoms with Gasteiger partial charge in [0.2, 0.25) is 0 Å². The summed E-state index contributed by atoms with van der Waals surface area (Å²) in [5.41, 5.74) is 0.325. The molecule has 1 aromatic rings. The van der Waals surface area contributed by atoms with E-state index in [9.17, 15) is 0 Å². The van der Waals surface area contributed by atoms with Gasteiger partial charge in [-0.3, -0.25) is 0 Å². The summed E-state index contributed by atoms with van der Waals surface area (Å²) in [4.78, 5) is 4.30. The minimum atomic E-state index is 0.325. The molecule has 0 fully saturated rings. The highest BCUT2D eigenvalue weighted by atomic mass is 32.1. The molecule has 0 aliphatic heterocycles. The van der Waals surface area contributed by atoms with Crippen molar-refractivity contribution in [1.82, 2.24) is 10.3 Å². The first-order valence-corrected chi connectivity index (χ1v) is 5.97. The number of aromatic nitrogens is 1. The fourth-order valence-corrected chi connectivity index (χ4v) is 2.29. The van der Waals surface area contributed by atoms with Crippen LogP contribution in [0.15, 0.2) is 11.6 Å². The lowest BCUT2D eigenvalue weighted by atomic mass is 9.84. The molecule has 3 heteroatoms. The van der Waals surface area contributed by atoms with Crippen LogP contribution in [0.3, 0.4) is 0 Å². The second-order valence-electron chi connectivity index (χ2n) is 4.67. The molecule has 0 saturated carbocycles. The maximum absolute atomic E-state index is 4.30. The molecule has 0 amide bonds. The van der Waals surface area contributed by atoms with Gasteiger partial charge in [-0.05, 0) is 18.9 Å². The Bertz CT molecular complexity index is 249. The molecule has 0 radical (unpaired) electrons. The minimum Gasteiger partial charge on any atom is -0.316 e. The molecule has 0 saturated heterocycles. The molecule has 0 bridgehead atoms. The summed E-state index contributed by atoms with van der Waals surface area (Å²) in [6, 6.07) is 0.561. The van der Waals surface area contributed by atoms with E-state index in [2.05, 4.69) is 31.1 Å². The van der Waals surface area contributed by atoms with Crippen LogP contribution < -0.4 is 5.32 Å².